The highest BCUT2D eigenvalue weighted by molar-refractivity contribution is 5.49. The normalized spacial score (nSPS) is 12.7. The summed E-state index contributed by atoms with van der Waals surface area (Å²) in [6.45, 7) is 13.1. The molecular formula is C15H27N3. The minimum Gasteiger partial charge on any atom is -0.329 e. The molecule has 18 heavy (non-hydrogen) atoms. The van der Waals surface area contributed by atoms with Crippen LogP contribution in [-0.4, -0.2) is 22.6 Å². The molecule has 0 amide bonds. The molecule has 0 aliphatic carbocycles. The molecule has 0 bridgehead atoms. The van der Waals surface area contributed by atoms with Crippen molar-refractivity contribution in [1.82, 2.24) is 14.9 Å². The number of aromatic nitrogens is 2. The number of hydrogen-bond donors (Lipinski definition) is 1. The van der Waals surface area contributed by atoms with Crippen LogP contribution in [0.2, 0.25) is 0 Å². The molecule has 0 aromatic carbocycles. The highest BCUT2D eigenvalue weighted by Gasteiger charge is 2.07. The van der Waals surface area contributed by atoms with E-state index in [-0.39, 0.29) is 0 Å². The van der Waals surface area contributed by atoms with Crippen LogP contribution in [0.1, 0.15) is 52.8 Å². The van der Waals surface area contributed by atoms with Gasteiger partial charge in [0.15, 0.2) is 0 Å². The van der Waals surface area contributed by atoms with E-state index in [1.165, 1.54) is 17.7 Å². The predicted octanol–water partition coefficient (Wildman–Crippen LogP) is 3.50. The number of nitrogens with zero attached hydrogens (tertiary/aromatic N) is 2. The smallest absolute Gasteiger partial charge is 0.0953 e. The molecule has 0 aliphatic heterocycles. The fourth-order valence-corrected chi connectivity index (χ4v) is 1.88. The summed E-state index contributed by atoms with van der Waals surface area (Å²) in [6.07, 6.45) is 7.31. The molecule has 0 saturated carbocycles. The highest BCUT2D eigenvalue weighted by atomic mass is 15.1. The molecule has 1 N–H and O–H groups in total. The zero-order valence-electron chi connectivity index (χ0n) is 12.4. The lowest BCUT2D eigenvalue weighted by atomic mass is 10.0. The second-order valence-electron chi connectivity index (χ2n) is 5.37. The van der Waals surface area contributed by atoms with Crippen molar-refractivity contribution in [3.8, 4) is 0 Å². The van der Waals surface area contributed by atoms with Gasteiger partial charge in [0.05, 0.1) is 18.2 Å². The summed E-state index contributed by atoms with van der Waals surface area (Å²) in [5.41, 5.74) is 2.64. The molecule has 0 saturated heterocycles. The molecule has 0 radical (unpaired) electrons. The standard InChI is InChI=1S/C15H27N3/c1-6-7-16-9-14(12(2)3)8-15-10-17-11-18(15)13(4)5/h8,10-13,16H,6-7,9H2,1-5H3. The molecule has 0 atom stereocenters. The van der Waals surface area contributed by atoms with Crippen LogP contribution in [0.4, 0.5) is 0 Å². The summed E-state index contributed by atoms with van der Waals surface area (Å²) in [4.78, 5) is 4.25. The molecule has 0 aliphatic rings. The van der Waals surface area contributed by atoms with Gasteiger partial charge in [-0.2, -0.15) is 0 Å². The van der Waals surface area contributed by atoms with Gasteiger partial charge in [0.1, 0.15) is 0 Å². The van der Waals surface area contributed by atoms with Crippen molar-refractivity contribution >= 4 is 6.08 Å². The van der Waals surface area contributed by atoms with E-state index in [1.54, 1.807) is 0 Å². The Balaban J connectivity index is 2.83. The monoisotopic (exact) mass is 249 g/mol. The third kappa shape index (κ3) is 4.30. The van der Waals surface area contributed by atoms with E-state index in [9.17, 15) is 0 Å². The molecule has 0 fully saturated rings. The maximum absolute atomic E-state index is 4.25. The number of imidazole rings is 1. The highest BCUT2D eigenvalue weighted by Crippen LogP contribution is 2.16. The summed E-state index contributed by atoms with van der Waals surface area (Å²) in [6, 6.07) is 0.454. The summed E-state index contributed by atoms with van der Waals surface area (Å²) in [7, 11) is 0. The van der Waals surface area contributed by atoms with Gasteiger partial charge in [0.25, 0.3) is 0 Å². The molecular weight excluding hydrogens is 222 g/mol. The van der Waals surface area contributed by atoms with Crippen molar-refractivity contribution in [1.29, 1.82) is 0 Å². The van der Waals surface area contributed by atoms with Crippen molar-refractivity contribution in [3.63, 3.8) is 0 Å². The second-order valence-corrected chi connectivity index (χ2v) is 5.37. The third-order valence-electron chi connectivity index (χ3n) is 3.08. The second kappa shape index (κ2) is 7.37. The van der Waals surface area contributed by atoms with Gasteiger partial charge in [-0.05, 0) is 38.8 Å². The van der Waals surface area contributed by atoms with Crippen molar-refractivity contribution in [2.24, 2.45) is 5.92 Å². The van der Waals surface area contributed by atoms with Gasteiger partial charge in [-0.15, -0.1) is 0 Å². The number of hydrogen-bond acceptors (Lipinski definition) is 2. The van der Waals surface area contributed by atoms with E-state index in [2.05, 4.69) is 55.6 Å². The van der Waals surface area contributed by atoms with Gasteiger partial charge in [-0.25, -0.2) is 4.98 Å². The van der Waals surface area contributed by atoms with Crippen LogP contribution in [0.25, 0.3) is 6.08 Å². The lowest BCUT2D eigenvalue weighted by Gasteiger charge is -2.14. The Morgan fingerprint density at radius 1 is 1.39 bits per heavy atom. The average Bonchev–Trinajstić information content (AvgIpc) is 2.76. The molecule has 1 aromatic rings. The zero-order chi connectivity index (χ0) is 13.5. The minimum atomic E-state index is 0.454. The average molecular weight is 249 g/mol. The molecule has 102 valence electrons. The maximum Gasteiger partial charge on any atom is 0.0953 e. The first-order valence-corrected chi connectivity index (χ1v) is 6.99. The largest absolute Gasteiger partial charge is 0.329 e. The lowest BCUT2D eigenvalue weighted by Crippen LogP contribution is -2.20. The SMILES string of the molecule is CCCNCC(=Cc1cncn1C(C)C)C(C)C. The van der Waals surface area contributed by atoms with Crippen molar-refractivity contribution in [2.75, 3.05) is 13.1 Å². The van der Waals surface area contributed by atoms with Crippen LogP contribution >= 0.6 is 0 Å². The quantitative estimate of drug-likeness (QED) is 0.750. The van der Waals surface area contributed by atoms with E-state index < -0.39 is 0 Å². The van der Waals surface area contributed by atoms with E-state index in [4.69, 9.17) is 0 Å². The van der Waals surface area contributed by atoms with Gasteiger partial charge >= 0.3 is 0 Å². The van der Waals surface area contributed by atoms with Gasteiger partial charge in [0, 0.05) is 12.6 Å². The molecule has 1 rings (SSSR count). The molecule has 0 spiro atoms. The molecule has 3 nitrogen and oxygen atoms in total. The fourth-order valence-electron chi connectivity index (χ4n) is 1.88. The minimum absolute atomic E-state index is 0.454. The number of nitrogens with one attached hydrogen (secondary N) is 1. The molecule has 1 heterocycles. The van der Waals surface area contributed by atoms with Crippen LogP contribution in [0.5, 0.6) is 0 Å². The first kappa shape index (κ1) is 15.0. The van der Waals surface area contributed by atoms with Crippen molar-refractivity contribution < 1.29 is 0 Å². The lowest BCUT2D eigenvalue weighted by molar-refractivity contribution is 0.593. The fraction of sp³-hybridized carbons (Fsp3) is 0.667. The Morgan fingerprint density at radius 2 is 2.11 bits per heavy atom. The van der Waals surface area contributed by atoms with Gasteiger partial charge in [-0.3, -0.25) is 0 Å². The summed E-state index contributed by atoms with van der Waals surface area (Å²) in [5, 5.41) is 3.48. The van der Waals surface area contributed by atoms with Crippen LogP contribution in [0.15, 0.2) is 18.1 Å². The summed E-state index contributed by atoms with van der Waals surface area (Å²) >= 11 is 0. The third-order valence-corrected chi connectivity index (χ3v) is 3.08. The van der Waals surface area contributed by atoms with E-state index in [0.717, 1.165) is 13.1 Å². The van der Waals surface area contributed by atoms with Gasteiger partial charge in [-0.1, -0.05) is 26.3 Å². The first-order valence-electron chi connectivity index (χ1n) is 6.99. The molecule has 1 aromatic heterocycles. The Morgan fingerprint density at radius 3 is 2.67 bits per heavy atom. The van der Waals surface area contributed by atoms with E-state index in [1.807, 2.05) is 12.5 Å². The summed E-state index contributed by atoms with van der Waals surface area (Å²) < 4.78 is 2.21. The van der Waals surface area contributed by atoms with Crippen LogP contribution in [0, 0.1) is 5.92 Å². The first-order chi connectivity index (χ1) is 8.56. The van der Waals surface area contributed by atoms with Crippen molar-refractivity contribution in [3.05, 3.63) is 23.8 Å². The van der Waals surface area contributed by atoms with Crippen LogP contribution in [-0.2, 0) is 0 Å². The number of rotatable bonds is 7. The van der Waals surface area contributed by atoms with Crippen LogP contribution < -0.4 is 5.32 Å². The maximum atomic E-state index is 4.25. The van der Waals surface area contributed by atoms with E-state index in [0.29, 0.717) is 12.0 Å². The van der Waals surface area contributed by atoms with Crippen molar-refractivity contribution in [2.45, 2.75) is 47.1 Å². The molecule has 3 heteroatoms. The Hall–Kier alpha value is -1.09. The Bertz CT molecular complexity index is 375. The van der Waals surface area contributed by atoms with Crippen LogP contribution in [0.3, 0.4) is 0 Å². The van der Waals surface area contributed by atoms with Gasteiger partial charge in [0.2, 0.25) is 0 Å². The Kier molecular flexibility index (Phi) is 6.13. The Labute approximate surface area is 111 Å². The molecule has 0 unspecified atom stereocenters. The van der Waals surface area contributed by atoms with Gasteiger partial charge < -0.3 is 9.88 Å². The topological polar surface area (TPSA) is 29.9 Å². The predicted molar refractivity (Wildman–Crippen MR) is 78.6 cm³/mol. The summed E-state index contributed by atoms with van der Waals surface area (Å²) in [5.74, 6) is 0.560. The van der Waals surface area contributed by atoms with E-state index >= 15 is 0 Å². The zero-order valence-corrected chi connectivity index (χ0v) is 12.4.